The Morgan fingerprint density at radius 1 is 1.05 bits per heavy atom. The number of fused-ring (bicyclic) bond motifs is 1. The summed E-state index contributed by atoms with van der Waals surface area (Å²) in [5.74, 6) is 0.680. The van der Waals surface area contributed by atoms with E-state index in [1.165, 1.54) is 47.2 Å². The number of hydrogen-bond acceptors (Lipinski definition) is 1. The first-order chi connectivity index (χ1) is 10.1. The largest absolute Gasteiger partial charge is 0.382 e. The zero-order chi connectivity index (χ0) is 14.8. The smallest absolute Gasteiger partial charge is 0.0377 e. The van der Waals surface area contributed by atoms with Crippen LogP contribution in [0.15, 0.2) is 42.5 Å². The van der Waals surface area contributed by atoms with Crippen LogP contribution in [0, 0.1) is 13.8 Å². The molecule has 110 valence electrons. The van der Waals surface area contributed by atoms with Crippen molar-refractivity contribution >= 4 is 5.69 Å². The Bertz CT molecular complexity index is 629. The molecule has 0 saturated heterocycles. The SMILES string of the molecule is Cc1ccc(CCC2CC(C)Nc3ccccc32)cc1C. The molecular weight excluding hydrogens is 254 g/mol. The summed E-state index contributed by atoms with van der Waals surface area (Å²) >= 11 is 0. The Kier molecular flexibility index (Phi) is 4.01. The summed E-state index contributed by atoms with van der Waals surface area (Å²) in [5, 5.41) is 3.60. The minimum atomic E-state index is 0.574. The average molecular weight is 279 g/mol. The number of rotatable bonds is 3. The minimum absolute atomic E-state index is 0.574. The summed E-state index contributed by atoms with van der Waals surface area (Å²) < 4.78 is 0. The van der Waals surface area contributed by atoms with Crippen molar-refractivity contribution in [2.24, 2.45) is 0 Å². The maximum atomic E-state index is 3.60. The number of anilines is 1. The van der Waals surface area contributed by atoms with Crippen LogP contribution in [-0.2, 0) is 6.42 Å². The van der Waals surface area contributed by atoms with E-state index in [0.29, 0.717) is 12.0 Å². The maximum absolute atomic E-state index is 3.60. The van der Waals surface area contributed by atoms with Crippen molar-refractivity contribution in [3.8, 4) is 0 Å². The van der Waals surface area contributed by atoms with E-state index in [9.17, 15) is 0 Å². The van der Waals surface area contributed by atoms with Gasteiger partial charge in [-0.15, -0.1) is 0 Å². The molecule has 1 nitrogen and oxygen atoms in total. The fourth-order valence-electron chi connectivity index (χ4n) is 3.44. The van der Waals surface area contributed by atoms with Gasteiger partial charge in [0.1, 0.15) is 0 Å². The number of para-hydroxylation sites is 1. The predicted octanol–water partition coefficient (Wildman–Crippen LogP) is 5.22. The van der Waals surface area contributed by atoms with Gasteiger partial charge in [-0.1, -0.05) is 36.4 Å². The van der Waals surface area contributed by atoms with Gasteiger partial charge in [-0.2, -0.15) is 0 Å². The first-order valence-corrected chi connectivity index (χ1v) is 8.05. The molecule has 0 bridgehead atoms. The van der Waals surface area contributed by atoms with Crippen LogP contribution < -0.4 is 5.32 Å². The fourth-order valence-corrected chi connectivity index (χ4v) is 3.44. The van der Waals surface area contributed by atoms with E-state index >= 15 is 0 Å². The van der Waals surface area contributed by atoms with Crippen molar-refractivity contribution in [1.82, 2.24) is 0 Å². The van der Waals surface area contributed by atoms with Crippen LogP contribution in [0.2, 0.25) is 0 Å². The van der Waals surface area contributed by atoms with E-state index in [1.807, 2.05) is 0 Å². The summed E-state index contributed by atoms with van der Waals surface area (Å²) in [5.41, 5.74) is 7.11. The molecule has 0 fully saturated rings. The molecule has 1 aliphatic rings. The highest BCUT2D eigenvalue weighted by Gasteiger charge is 2.23. The van der Waals surface area contributed by atoms with Gasteiger partial charge in [0.25, 0.3) is 0 Å². The van der Waals surface area contributed by atoms with Crippen LogP contribution >= 0.6 is 0 Å². The van der Waals surface area contributed by atoms with Crippen LogP contribution in [0.3, 0.4) is 0 Å². The third-order valence-corrected chi connectivity index (χ3v) is 4.79. The van der Waals surface area contributed by atoms with Gasteiger partial charge < -0.3 is 5.32 Å². The van der Waals surface area contributed by atoms with Crippen LogP contribution in [0.5, 0.6) is 0 Å². The Labute approximate surface area is 128 Å². The molecule has 1 N–H and O–H groups in total. The Balaban J connectivity index is 1.74. The number of hydrogen-bond donors (Lipinski definition) is 1. The Hall–Kier alpha value is -1.76. The summed E-state index contributed by atoms with van der Waals surface area (Å²) in [6.07, 6.45) is 3.65. The van der Waals surface area contributed by atoms with E-state index in [-0.39, 0.29) is 0 Å². The van der Waals surface area contributed by atoms with Crippen molar-refractivity contribution in [3.63, 3.8) is 0 Å². The molecule has 2 unspecified atom stereocenters. The lowest BCUT2D eigenvalue weighted by molar-refractivity contribution is 0.522. The molecular formula is C20H25N. The summed E-state index contributed by atoms with van der Waals surface area (Å²) in [6, 6.07) is 16.3. The first kappa shape index (κ1) is 14.2. The van der Waals surface area contributed by atoms with E-state index in [0.717, 1.165) is 0 Å². The topological polar surface area (TPSA) is 12.0 Å². The molecule has 2 aromatic carbocycles. The van der Waals surface area contributed by atoms with Crippen LogP contribution in [-0.4, -0.2) is 6.04 Å². The van der Waals surface area contributed by atoms with Gasteiger partial charge in [-0.3, -0.25) is 0 Å². The first-order valence-electron chi connectivity index (χ1n) is 8.05. The van der Waals surface area contributed by atoms with Gasteiger partial charge in [-0.25, -0.2) is 0 Å². The lowest BCUT2D eigenvalue weighted by atomic mass is 9.83. The van der Waals surface area contributed by atoms with Crippen molar-refractivity contribution in [1.29, 1.82) is 0 Å². The molecule has 0 saturated carbocycles. The predicted molar refractivity (Wildman–Crippen MR) is 91.1 cm³/mol. The van der Waals surface area contributed by atoms with Gasteiger partial charge in [0.2, 0.25) is 0 Å². The third-order valence-electron chi connectivity index (χ3n) is 4.79. The zero-order valence-electron chi connectivity index (χ0n) is 13.3. The monoisotopic (exact) mass is 279 g/mol. The fraction of sp³-hybridized carbons (Fsp3) is 0.400. The summed E-state index contributed by atoms with van der Waals surface area (Å²) in [7, 11) is 0. The van der Waals surface area contributed by atoms with E-state index in [1.54, 1.807) is 0 Å². The lowest BCUT2D eigenvalue weighted by Gasteiger charge is -2.31. The average Bonchev–Trinajstić information content (AvgIpc) is 2.48. The maximum Gasteiger partial charge on any atom is 0.0377 e. The van der Waals surface area contributed by atoms with Gasteiger partial charge in [0.15, 0.2) is 0 Å². The highest BCUT2D eigenvalue weighted by Crippen LogP contribution is 2.36. The van der Waals surface area contributed by atoms with E-state index in [4.69, 9.17) is 0 Å². The Morgan fingerprint density at radius 2 is 1.86 bits per heavy atom. The molecule has 1 heteroatoms. The quantitative estimate of drug-likeness (QED) is 0.811. The minimum Gasteiger partial charge on any atom is -0.382 e. The van der Waals surface area contributed by atoms with Gasteiger partial charge in [-0.05, 0) is 74.3 Å². The Morgan fingerprint density at radius 3 is 2.67 bits per heavy atom. The van der Waals surface area contributed by atoms with Crippen molar-refractivity contribution in [2.45, 2.75) is 52.0 Å². The molecule has 2 aromatic rings. The standard InChI is InChI=1S/C20H25N/c1-14-8-9-17(12-15(14)2)10-11-18-13-16(3)21-20-7-5-4-6-19(18)20/h4-9,12,16,18,21H,10-11,13H2,1-3H3. The lowest BCUT2D eigenvalue weighted by Crippen LogP contribution is -2.25. The summed E-state index contributed by atoms with van der Waals surface area (Å²) in [4.78, 5) is 0. The molecule has 21 heavy (non-hydrogen) atoms. The normalized spacial score (nSPS) is 20.7. The number of nitrogens with one attached hydrogen (secondary N) is 1. The van der Waals surface area contributed by atoms with Crippen molar-refractivity contribution < 1.29 is 0 Å². The number of aryl methyl sites for hydroxylation is 3. The molecule has 0 radical (unpaired) electrons. The zero-order valence-corrected chi connectivity index (χ0v) is 13.3. The summed E-state index contributed by atoms with van der Waals surface area (Å²) in [6.45, 7) is 6.68. The van der Waals surface area contributed by atoms with Crippen LogP contribution in [0.25, 0.3) is 0 Å². The molecule has 2 atom stereocenters. The molecule has 0 amide bonds. The van der Waals surface area contributed by atoms with Crippen molar-refractivity contribution in [2.75, 3.05) is 5.32 Å². The van der Waals surface area contributed by atoms with Crippen molar-refractivity contribution in [3.05, 3.63) is 64.7 Å². The van der Waals surface area contributed by atoms with Gasteiger partial charge in [0, 0.05) is 11.7 Å². The number of benzene rings is 2. The molecule has 0 spiro atoms. The van der Waals surface area contributed by atoms with Gasteiger partial charge >= 0.3 is 0 Å². The second kappa shape index (κ2) is 5.93. The second-order valence-corrected chi connectivity index (χ2v) is 6.52. The highest BCUT2D eigenvalue weighted by molar-refractivity contribution is 5.55. The van der Waals surface area contributed by atoms with Gasteiger partial charge in [0.05, 0.1) is 0 Å². The second-order valence-electron chi connectivity index (χ2n) is 6.52. The third kappa shape index (κ3) is 3.12. The van der Waals surface area contributed by atoms with Crippen LogP contribution in [0.1, 0.15) is 47.9 Å². The van der Waals surface area contributed by atoms with E-state index < -0.39 is 0 Å². The molecule has 3 rings (SSSR count). The van der Waals surface area contributed by atoms with Crippen LogP contribution in [0.4, 0.5) is 5.69 Å². The molecule has 1 aliphatic heterocycles. The molecule has 0 aliphatic carbocycles. The molecule has 1 heterocycles. The highest BCUT2D eigenvalue weighted by atomic mass is 14.9. The van der Waals surface area contributed by atoms with E-state index in [2.05, 4.69) is 68.6 Å². The molecule has 0 aromatic heterocycles.